The minimum Gasteiger partial charge on any atom is -0.381 e. The number of benzene rings is 1. The smallest absolute Gasteiger partial charge is 0.0691 e. The third-order valence-corrected chi connectivity index (χ3v) is 6.03. The van der Waals surface area contributed by atoms with Crippen molar-refractivity contribution in [2.24, 2.45) is 10.8 Å². The average Bonchev–Trinajstić information content (AvgIpc) is 2.91. The molecule has 0 bridgehead atoms. The van der Waals surface area contributed by atoms with Gasteiger partial charge in [-0.25, -0.2) is 0 Å². The molecule has 0 aromatic heterocycles. The van der Waals surface area contributed by atoms with Gasteiger partial charge in [0.15, 0.2) is 0 Å². The maximum atomic E-state index is 9.59. The SMILES string of the molecule is CC1(C)CN(CCCC2(C#N)CCOCC2)C[C@H]1c1ccccc1. The average molecular weight is 326 g/mol. The fourth-order valence-corrected chi connectivity index (χ4v) is 4.49. The molecule has 0 amide bonds. The van der Waals surface area contributed by atoms with Gasteiger partial charge in [0.05, 0.1) is 11.5 Å². The Hall–Kier alpha value is -1.37. The van der Waals surface area contributed by atoms with E-state index in [-0.39, 0.29) is 5.41 Å². The summed E-state index contributed by atoms with van der Waals surface area (Å²) in [5.41, 5.74) is 1.64. The zero-order valence-corrected chi connectivity index (χ0v) is 15.1. The Bertz CT molecular complexity index is 569. The molecule has 3 nitrogen and oxygen atoms in total. The molecule has 2 saturated heterocycles. The minimum atomic E-state index is -0.133. The summed E-state index contributed by atoms with van der Waals surface area (Å²) >= 11 is 0. The highest BCUT2D eigenvalue weighted by atomic mass is 16.5. The highest BCUT2D eigenvalue weighted by Gasteiger charge is 2.40. The number of ether oxygens (including phenoxy) is 1. The molecule has 1 aromatic carbocycles. The van der Waals surface area contributed by atoms with Gasteiger partial charge < -0.3 is 9.64 Å². The van der Waals surface area contributed by atoms with E-state index in [1.807, 2.05) is 0 Å². The molecule has 0 aliphatic carbocycles. The van der Waals surface area contributed by atoms with Crippen LogP contribution < -0.4 is 0 Å². The first-order valence-corrected chi connectivity index (χ1v) is 9.31. The lowest BCUT2D eigenvalue weighted by Crippen LogP contribution is -2.30. The minimum absolute atomic E-state index is 0.133. The number of rotatable bonds is 5. The lowest BCUT2D eigenvalue weighted by atomic mass is 9.78. The topological polar surface area (TPSA) is 36.3 Å². The van der Waals surface area contributed by atoms with Crippen LogP contribution >= 0.6 is 0 Å². The Morgan fingerprint density at radius 2 is 1.92 bits per heavy atom. The Balaban J connectivity index is 1.55. The predicted molar refractivity (Wildman–Crippen MR) is 96.7 cm³/mol. The molecule has 1 atom stereocenters. The number of nitrogens with zero attached hydrogens (tertiary/aromatic N) is 2. The normalized spacial score (nSPS) is 26.1. The van der Waals surface area contributed by atoms with Gasteiger partial charge >= 0.3 is 0 Å². The highest BCUT2D eigenvalue weighted by molar-refractivity contribution is 5.24. The summed E-state index contributed by atoms with van der Waals surface area (Å²) in [6, 6.07) is 13.5. The van der Waals surface area contributed by atoms with Gasteiger partial charge in [-0.3, -0.25) is 0 Å². The monoisotopic (exact) mass is 326 g/mol. The molecule has 1 aromatic rings. The molecule has 2 heterocycles. The van der Waals surface area contributed by atoms with Crippen molar-refractivity contribution in [3.63, 3.8) is 0 Å². The molecule has 0 saturated carbocycles. The van der Waals surface area contributed by atoms with Crippen LogP contribution in [0.15, 0.2) is 30.3 Å². The van der Waals surface area contributed by atoms with Gasteiger partial charge in [0.1, 0.15) is 0 Å². The van der Waals surface area contributed by atoms with E-state index >= 15 is 0 Å². The molecule has 3 rings (SSSR count). The van der Waals surface area contributed by atoms with Crippen molar-refractivity contribution in [1.29, 1.82) is 5.26 Å². The molecule has 2 aliphatic rings. The second kappa shape index (κ2) is 7.25. The second-order valence-corrected chi connectivity index (χ2v) is 8.30. The third-order valence-electron chi connectivity index (χ3n) is 6.03. The van der Waals surface area contributed by atoms with Crippen molar-refractivity contribution in [3.8, 4) is 6.07 Å². The van der Waals surface area contributed by atoms with E-state index < -0.39 is 0 Å². The van der Waals surface area contributed by atoms with E-state index in [4.69, 9.17) is 4.74 Å². The van der Waals surface area contributed by atoms with Crippen LogP contribution in [0.4, 0.5) is 0 Å². The first kappa shape index (κ1) is 17.5. The molecule has 130 valence electrons. The van der Waals surface area contributed by atoms with Gasteiger partial charge in [0, 0.05) is 32.2 Å². The molecule has 0 radical (unpaired) electrons. The zero-order chi connectivity index (χ0) is 17.0. The van der Waals surface area contributed by atoms with Crippen molar-refractivity contribution in [2.75, 3.05) is 32.8 Å². The van der Waals surface area contributed by atoms with Gasteiger partial charge in [-0.2, -0.15) is 5.26 Å². The fraction of sp³-hybridized carbons (Fsp3) is 0.667. The predicted octanol–water partition coefficient (Wildman–Crippen LogP) is 4.21. The largest absolute Gasteiger partial charge is 0.381 e. The molecule has 3 heteroatoms. The molecule has 2 fully saturated rings. The van der Waals surface area contributed by atoms with Crippen molar-refractivity contribution < 1.29 is 4.74 Å². The summed E-state index contributed by atoms with van der Waals surface area (Å²) in [6.07, 6.45) is 3.94. The molecular weight excluding hydrogens is 296 g/mol. The Labute approximate surface area is 146 Å². The van der Waals surface area contributed by atoms with Crippen LogP contribution in [0.5, 0.6) is 0 Å². The summed E-state index contributed by atoms with van der Waals surface area (Å²) < 4.78 is 5.44. The highest BCUT2D eigenvalue weighted by Crippen LogP contribution is 2.42. The number of hydrogen-bond acceptors (Lipinski definition) is 3. The number of nitriles is 1. The number of likely N-dealkylation sites (tertiary alicyclic amines) is 1. The van der Waals surface area contributed by atoms with E-state index in [1.165, 1.54) is 5.56 Å². The Morgan fingerprint density at radius 1 is 1.21 bits per heavy atom. The third kappa shape index (κ3) is 3.82. The summed E-state index contributed by atoms with van der Waals surface area (Å²) in [7, 11) is 0. The lowest BCUT2D eigenvalue weighted by Gasteiger charge is -2.31. The van der Waals surface area contributed by atoms with Crippen molar-refractivity contribution in [1.82, 2.24) is 4.90 Å². The summed E-state index contributed by atoms with van der Waals surface area (Å²) in [5, 5.41) is 9.59. The molecule has 24 heavy (non-hydrogen) atoms. The summed E-state index contributed by atoms with van der Waals surface area (Å²) in [6.45, 7) is 9.67. The van der Waals surface area contributed by atoms with Crippen LogP contribution in [0, 0.1) is 22.2 Å². The molecular formula is C21H30N2O. The van der Waals surface area contributed by atoms with Crippen LogP contribution in [0.3, 0.4) is 0 Å². The lowest BCUT2D eigenvalue weighted by molar-refractivity contribution is 0.0351. The van der Waals surface area contributed by atoms with Crippen LogP contribution in [0.2, 0.25) is 0 Å². The Kier molecular flexibility index (Phi) is 5.27. The zero-order valence-electron chi connectivity index (χ0n) is 15.1. The van der Waals surface area contributed by atoms with Gasteiger partial charge in [0.2, 0.25) is 0 Å². The van der Waals surface area contributed by atoms with Crippen molar-refractivity contribution >= 4 is 0 Å². The van der Waals surface area contributed by atoms with Crippen LogP contribution in [0.25, 0.3) is 0 Å². The summed E-state index contributed by atoms with van der Waals surface area (Å²) in [5.74, 6) is 0.603. The van der Waals surface area contributed by atoms with E-state index in [0.717, 1.165) is 58.5 Å². The van der Waals surface area contributed by atoms with E-state index in [9.17, 15) is 5.26 Å². The second-order valence-electron chi connectivity index (χ2n) is 8.30. The maximum Gasteiger partial charge on any atom is 0.0691 e. The number of hydrogen-bond donors (Lipinski definition) is 0. The van der Waals surface area contributed by atoms with E-state index in [0.29, 0.717) is 11.3 Å². The van der Waals surface area contributed by atoms with Gasteiger partial charge in [0.25, 0.3) is 0 Å². The molecule has 0 spiro atoms. The van der Waals surface area contributed by atoms with Crippen LogP contribution in [-0.2, 0) is 4.74 Å². The first-order chi connectivity index (χ1) is 11.5. The maximum absolute atomic E-state index is 9.59. The standard InChI is InChI=1S/C21H30N2O/c1-20(2)17-23(15-19(20)18-7-4-3-5-8-18)12-6-9-21(16-22)10-13-24-14-11-21/h3-5,7-8,19H,6,9-15,17H2,1-2H3/t19-/m0/s1. The quantitative estimate of drug-likeness (QED) is 0.813. The molecule has 0 N–H and O–H groups in total. The summed E-state index contributed by atoms with van der Waals surface area (Å²) in [4.78, 5) is 2.60. The van der Waals surface area contributed by atoms with Gasteiger partial charge in [-0.05, 0) is 43.2 Å². The van der Waals surface area contributed by atoms with Crippen LogP contribution in [-0.4, -0.2) is 37.7 Å². The van der Waals surface area contributed by atoms with E-state index in [2.05, 4.69) is 55.1 Å². The van der Waals surface area contributed by atoms with Crippen molar-refractivity contribution in [2.45, 2.75) is 45.4 Å². The molecule has 0 unspecified atom stereocenters. The van der Waals surface area contributed by atoms with Crippen molar-refractivity contribution in [3.05, 3.63) is 35.9 Å². The molecule has 2 aliphatic heterocycles. The van der Waals surface area contributed by atoms with Crippen LogP contribution in [0.1, 0.15) is 51.0 Å². The Morgan fingerprint density at radius 3 is 2.58 bits per heavy atom. The van der Waals surface area contributed by atoms with E-state index in [1.54, 1.807) is 0 Å². The van der Waals surface area contributed by atoms with Gasteiger partial charge in [-0.1, -0.05) is 44.2 Å². The first-order valence-electron chi connectivity index (χ1n) is 9.31. The fourth-order valence-electron chi connectivity index (χ4n) is 4.49. The van der Waals surface area contributed by atoms with Gasteiger partial charge in [-0.15, -0.1) is 0 Å².